The summed E-state index contributed by atoms with van der Waals surface area (Å²) in [4.78, 5) is 25.8. The fourth-order valence-electron chi connectivity index (χ4n) is 4.54. The highest BCUT2D eigenvalue weighted by Gasteiger charge is 2.28. The first kappa shape index (κ1) is 25.9. The Bertz CT molecular complexity index is 1110. The number of anilines is 1. The van der Waals surface area contributed by atoms with Crippen LogP contribution in [0.1, 0.15) is 95.8 Å². The van der Waals surface area contributed by atoms with Crippen LogP contribution >= 0.6 is 0 Å². The summed E-state index contributed by atoms with van der Waals surface area (Å²) in [6.07, 6.45) is 7.69. The summed E-state index contributed by atoms with van der Waals surface area (Å²) in [5, 5.41) is 4.73. The quantitative estimate of drug-likeness (QED) is 0.351. The van der Waals surface area contributed by atoms with Gasteiger partial charge in [0, 0.05) is 24.3 Å². The third-order valence-electron chi connectivity index (χ3n) is 6.63. The number of hydrogen-bond acceptors (Lipinski definition) is 5. The first-order chi connectivity index (χ1) is 16.5. The maximum absolute atomic E-state index is 13.4. The molecule has 2 aromatic rings. The molecule has 0 unspecified atom stereocenters. The van der Waals surface area contributed by atoms with Gasteiger partial charge in [0.1, 0.15) is 5.71 Å². The zero-order valence-electron chi connectivity index (χ0n) is 21.9. The van der Waals surface area contributed by atoms with Crippen molar-refractivity contribution in [2.24, 2.45) is 10.1 Å². The summed E-state index contributed by atoms with van der Waals surface area (Å²) in [6.45, 7) is 14.8. The van der Waals surface area contributed by atoms with Crippen LogP contribution in [0.4, 0.5) is 11.4 Å². The van der Waals surface area contributed by atoms with Gasteiger partial charge in [-0.05, 0) is 76.6 Å². The molecule has 0 saturated heterocycles. The van der Waals surface area contributed by atoms with Gasteiger partial charge in [-0.15, -0.1) is 0 Å². The number of rotatable bonds is 12. The molecule has 2 heterocycles. The summed E-state index contributed by atoms with van der Waals surface area (Å²) in [5.74, 6) is 0.604. The van der Waals surface area contributed by atoms with Crippen LogP contribution in [0.25, 0.3) is 0 Å². The van der Waals surface area contributed by atoms with Crippen LogP contribution in [0.5, 0.6) is 0 Å². The molecule has 0 bridgehead atoms. The number of aryl methyl sites for hydroxylation is 2. The van der Waals surface area contributed by atoms with Gasteiger partial charge in [-0.3, -0.25) is 4.79 Å². The highest BCUT2D eigenvalue weighted by atomic mass is 16.1. The molecule has 184 valence electrons. The fourth-order valence-corrected chi connectivity index (χ4v) is 4.54. The third kappa shape index (κ3) is 5.48. The Morgan fingerprint density at radius 1 is 0.971 bits per heavy atom. The van der Waals surface area contributed by atoms with Crippen molar-refractivity contribution in [3.63, 3.8) is 0 Å². The average Bonchev–Trinajstić information content (AvgIpc) is 3.18. The second kappa shape index (κ2) is 12.1. The number of benzene rings is 1. The Balaban J connectivity index is 2.10. The topological polar surface area (TPSA) is 62.9 Å². The number of fused-ring (bicyclic) bond motifs is 1. The SMILES string of the molecule is CCCCCc1nc2n(c(=O)c1CC)N=C(CCCC)C2=Nc1ccc(N(CC)CC)cc1C. The van der Waals surface area contributed by atoms with Gasteiger partial charge in [-0.1, -0.05) is 40.0 Å². The first-order valence-corrected chi connectivity index (χ1v) is 13.2. The van der Waals surface area contributed by atoms with Gasteiger partial charge in [-0.2, -0.15) is 9.78 Å². The molecule has 34 heavy (non-hydrogen) atoms. The van der Waals surface area contributed by atoms with Gasteiger partial charge >= 0.3 is 0 Å². The van der Waals surface area contributed by atoms with Crippen LogP contribution in [-0.2, 0) is 12.8 Å². The van der Waals surface area contributed by atoms with E-state index >= 15 is 0 Å². The normalized spacial score (nSPS) is 13.9. The minimum Gasteiger partial charge on any atom is -0.372 e. The van der Waals surface area contributed by atoms with E-state index in [0.29, 0.717) is 12.2 Å². The predicted octanol–water partition coefficient (Wildman–Crippen LogP) is 6.22. The molecule has 6 heteroatoms. The van der Waals surface area contributed by atoms with Crippen LogP contribution < -0.4 is 10.5 Å². The van der Waals surface area contributed by atoms with Crippen LogP contribution in [0.3, 0.4) is 0 Å². The summed E-state index contributed by atoms with van der Waals surface area (Å²) in [6, 6.07) is 6.41. The molecule has 3 rings (SSSR count). The molecule has 0 radical (unpaired) electrons. The van der Waals surface area contributed by atoms with Crippen molar-refractivity contribution in [3.05, 3.63) is 51.2 Å². The van der Waals surface area contributed by atoms with Crippen LogP contribution in [0.15, 0.2) is 33.1 Å². The molecule has 1 aliphatic rings. The molecule has 0 saturated carbocycles. The molecular formula is C28H41N5O. The maximum Gasteiger partial charge on any atom is 0.277 e. The van der Waals surface area contributed by atoms with E-state index in [4.69, 9.17) is 15.1 Å². The fraction of sp³-hybridized carbons (Fsp3) is 0.571. The van der Waals surface area contributed by atoms with E-state index in [9.17, 15) is 4.79 Å². The zero-order chi connectivity index (χ0) is 24.7. The van der Waals surface area contributed by atoms with Crippen LogP contribution in [-0.4, -0.2) is 34.2 Å². The van der Waals surface area contributed by atoms with E-state index in [0.717, 1.165) is 92.0 Å². The van der Waals surface area contributed by atoms with Gasteiger partial charge in [-0.25, -0.2) is 9.98 Å². The van der Waals surface area contributed by atoms with Gasteiger partial charge in [0.15, 0.2) is 5.82 Å². The van der Waals surface area contributed by atoms with Crippen molar-refractivity contribution >= 4 is 22.8 Å². The van der Waals surface area contributed by atoms with Gasteiger partial charge in [0.05, 0.1) is 17.1 Å². The molecule has 1 aromatic heterocycles. The van der Waals surface area contributed by atoms with Crippen molar-refractivity contribution < 1.29 is 0 Å². The Morgan fingerprint density at radius 2 is 1.71 bits per heavy atom. The average molecular weight is 464 g/mol. The van der Waals surface area contributed by atoms with Gasteiger partial charge in [0.2, 0.25) is 0 Å². The molecular weight excluding hydrogens is 422 g/mol. The van der Waals surface area contributed by atoms with Crippen molar-refractivity contribution in [2.75, 3.05) is 18.0 Å². The summed E-state index contributed by atoms with van der Waals surface area (Å²) < 4.78 is 1.51. The highest BCUT2D eigenvalue weighted by molar-refractivity contribution is 6.49. The number of aliphatic imine (C=N–C) groups is 1. The summed E-state index contributed by atoms with van der Waals surface area (Å²) >= 11 is 0. The van der Waals surface area contributed by atoms with E-state index in [-0.39, 0.29) is 5.56 Å². The molecule has 0 amide bonds. The van der Waals surface area contributed by atoms with Crippen LogP contribution in [0.2, 0.25) is 0 Å². The minimum absolute atomic E-state index is 0.0354. The minimum atomic E-state index is -0.0354. The summed E-state index contributed by atoms with van der Waals surface area (Å²) in [7, 11) is 0. The molecule has 1 aliphatic heterocycles. The molecule has 0 atom stereocenters. The van der Waals surface area contributed by atoms with Gasteiger partial charge < -0.3 is 4.90 Å². The van der Waals surface area contributed by atoms with Crippen LogP contribution in [0, 0.1) is 6.92 Å². The maximum atomic E-state index is 13.4. The second-order valence-electron chi connectivity index (χ2n) is 9.04. The lowest BCUT2D eigenvalue weighted by molar-refractivity contribution is 0.682. The zero-order valence-corrected chi connectivity index (χ0v) is 21.9. The van der Waals surface area contributed by atoms with E-state index in [1.165, 1.54) is 10.4 Å². The number of hydrogen-bond donors (Lipinski definition) is 0. The number of unbranched alkanes of at least 4 members (excludes halogenated alkanes) is 3. The third-order valence-corrected chi connectivity index (χ3v) is 6.63. The molecule has 6 nitrogen and oxygen atoms in total. The van der Waals surface area contributed by atoms with E-state index in [1.807, 2.05) is 6.92 Å². The Hall–Kier alpha value is -2.76. The number of nitrogens with zero attached hydrogens (tertiary/aromatic N) is 5. The van der Waals surface area contributed by atoms with E-state index in [2.05, 4.69) is 57.7 Å². The Morgan fingerprint density at radius 3 is 2.32 bits per heavy atom. The molecule has 0 aliphatic carbocycles. The first-order valence-electron chi connectivity index (χ1n) is 13.2. The van der Waals surface area contributed by atoms with E-state index < -0.39 is 0 Å². The lowest BCUT2D eigenvalue weighted by Crippen LogP contribution is -2.27. The second-order valence-corrected chi connectivity index (χ2v) is 9.04. The lowest BCUT2D eigenvalue weighted by atomic mass is 10.0. The predicted molar refractivity (Wildman–Crippen MR) is 144 cm³/mol. The Labute approximate surface area is 204 Å². The molecule has 0 spiro atoms. The van der Waals surface area contributed by atoms with Gasteiger partial charge in [0.25, 0.3) is 5.56 Å². The summed E-state index contributed by atoms with van der Waals surface area (Å²) in [5.41, 5.74) is 6.52. The van der Waals surface area contributed by atoms with Crippen molar-refractivity contribution in [2.45, 2.75) is 92.9 Å². The largest absolute Gasteiger partial charge is 0.372 e. The van der Waals surface area contributed by atoms with Crippen molar-refractivity contribution in [1.29, 1.82) is 0 Å². The van der Waals surface area contributed by atoms with E-state index in [1.54, 1.807) is 0 Å². The smallest absolute Gasteiger partial charge is 0.277 e. The monoisotopic (exact) mass is 463 g/mol. The molecule has 0 fully saturated rings. The van der Waals surface area contributed by atoms with Crippen molar-refractivity contribution in [3.8, 4) is 0 Å². The Kier molecular flexibility index (Phi) is 9.20. The lowest BCUT2D eigenvalue weighted by Gasteiger charge is -2.21. The van der Waals surface area contributed by atoms with Crippen molar-refractivity contribution in [1.82, 2.24) is 9.66 Å². The molecule has 0 N–H and O–H groups in total. The standard InChI is InChI=1S/C28H41N5O/c1-7-12-14-16-24-22(9-3)28(34)33-27(30-24)26(25(31-33)15-13-8-2)29-23-18-17-21(19-20(23)6)32(10-4)11-5/h17-19H,7-16H2,1-6H3. The number of aromatic nitrogens is 2. The highest BCUT2D eigenvalue weighted by Crippen LogP contribution is 2.27. The molecule has 1 aromatic carbocycles.